The average Bonchev–Trinajstić information content (AvgIpc) is 2.58. The zero-order valence-corrected chi connectivity index (χ0v) is 12.4. The van der Waals surface area contributed by atoms with Gasteiger partial charge in [-0.25, -0.2) is 0 Å². The van der Waals surface area contributed by atoms with Crippen molar-refractivity contribution in [1.82, 2.24) is 4.90 Å². The molecule has 3 rings (SSSR count). The van der Waals surface area contributed by atoms with Crippen molar-refractivity contribution in [1.29, 1.82) is 0 Å². The highest BCUT2D eigenvalue weighted by atomic mass is 16.5. The van der Waals surface area contributed by atoms with Crippen LogP contribution in [0.25, 0.3) is 10.8 Å². The van der Waals surface area contributed by atoms with Crippen LogP contribution in [0.5, 0.6) is 0 Å². The predicted molar refractivity (Wildman–Crippen MR) is 85.2 cm³/mol. The maximum Gasteiger partial charge on any atom is 0.261 e. The van der Waals surface area contributed by atoms with E-state index in [9.17, 15) is 9.59 Å². The third kappa shape index (κ3) is 2.48. The monoisotopic (exact) mass is 309 g/mol. The van der Waals surface area contributed by atoms with Crippen molar-refractivity contribution in [2.45, 2.75) is 0 Å². The van der Waals surface area contributed by atoms with E-state index in [-0.39, 0.29) is 38.2 Å². The second-order valence-corrected chi connectivity index (χ2v) is 5.13. The van der Waals surface area contributed by atoms with Crippen molar-refractivity contribution < 1.29 is 19.4 Å². The summed E-state index contributed by atoms with van der Waals surface area (Å²) in [6, 6.07) is 8.66. The molecule has 1 aliphatic rings. The molecule has 0 atom stereocenters. The number of benzene rings is 2. The molecule has 23 heavy (non-hydrogen) atoms. The number of carbonyl (C=O) groups excluding carboxylic acids is 2. The topological polar surface area (TPSA) is 66.8 Å². The number of rotatable bonds is 5. The highest BCUT2D eigenvalue weighted by Crippen LogP contribution is 2.31. The molecule has 0 aliphatic carbocycles. The van der Waals surface area contributed by atoms with Crippen LogP contribution < -0.4 is 0 Å². The lowest BCUT2D eigenvalue weighted by Crippen LogP contribution is -2.42. The van der Waals surface area contributed by atoms with Crippen molar-refractivity contribution in [2.75, 3.05) is 26.4 Å². The highest BCUT2D eigenvalue weighted by molar-refractivity contribution is 6.26. The maximum atomic E-state index is 12.6. The Balaban J connectivity index is 2.03. The fourth-order valence-corrected chi connectivity index (χ4v) is 2.80. The lowest BCUT2D eigenvalue weighted by molar-refractivity contribution is 0.0478. The molecule has 0 fully saturated rings. The molecule has 1 aliphatic heterocycles. The molecule has 5 heteroatoms. The number of aliphatic hydroxyl groups excluding tert-OH is 1. The number of hydrogen-bond acceptors (Lipinski definition) is 4. The van der Waals surface area contributed by atoms with Crippen LogP contribution in [0.3, 0.4) is 0 Å². The lowest BCUT2D eigenvalue weighted by atomic mass is 9.91. The summed E-state index contributed by atoms with van der Waals surface area (Å²) in [6.45, 7) is 0.406. The molecule has 2 aromatic rings. The van der Waals surface area contributed by atoms with Crippen molar-refractivity contribution >= 4 is 22.6 Å². The van der Waals surface area contributed by atoms with Gasteiger partial charge in [0.1, 0.15) is 0 Å². The molecule has 0 radical (unpaired) electrons. The van der Waals surface area contributed by atoms with Gasteiger partial charge in [0, 0.05) is 22.1 Å². The highest BCUT2D eigenvalue weighted by Gasteiger charge is 2.32. The Morgan fingerprint density at radius 1 is 1.09 bits per heavy atom. The number of terminal acetylenes is 1. The molecule has 0 spiro atoms. The van der Waals surface area contributed by atoms with Crippen molar-refractivity contribution in [2.24, 2.45) is 0 Å². The molecule has 0 aromatic heterocycles. The molecule has 0 unspecified atom stereocenters. The van der Waals surface area contributed by atoms with Crippen LogP contribution in [-0.4, -0.2) is 48.2 Å². The van der Waals surface area contributed by atoms with Crippen molar-refractivity contribution in [3.63, 3.8) is 0 Å². The lowest BCUT2D eigenvalue weighted by Gasteiger charge is -2.27. The average molecular weight is 309 g/mol. The van der Waals surface area contributed by atoms with E-state index in [2.05, 4.69) is 5.92 Å². The molecule has 2 aromatic carbocycles. The Bertz CT molecular complexity index is 813. The molecule has 1 heterocycles. The van der Waals surface area contributed by atoms with Gasteiger partial charge in [-0.15, -0.1) is 6.42 Å². The van der Waals surface area contributed by atoms with Crippen LogP contribution >= 0.6 is 0 Å². The molecular formula is C18H15NO4. The number of nitrogens with zero attached hydrogens (tertiary/aromatic N) is 1. The molecular weight excluding hydrogens is 294 g/mol. The van der Waals surface area contributed by atoms with E-state index >= 15 is 0 Å². The first-order valence-corrected chi connectivity index (χ1v) is 7.26. The summed E-state index contributed by atoms with van der Waals surface area (Å²) in [6.07, 6.45) is 5.50. The number of ether oxygens (including phenoxy) is 1. The fraction of sp³-hybridized carbons (Fsp3) is 0.222. The van der Waals surface area contributed by atoms with Crippen LogP contribution in [0.2, 0.25) is 0 Å². The van der Waals surface area contributed by atoms with Gasteiger partial charge in [0.2, 0.25) is 0 Å². The maximum absolute atomic E-state index is 12.6. The van der Waals surface area contributed by atoms with E-state index in [4.69, 9.17) is 16.3 Å². The molecule has 1 N–H and O–H groups in total. The van der Waals surface area contributed by atoms with Gasteiger partial charge < -0.3 is 9.84 Å². The van der Waals surface area contributed by atoms with Crippen LogP contribution in [-0.2, 0) is 4.74 Å². The summed E-state index contributed by atoms with van der Waals surface area (Å²) >= 11 is 0. The van der Waals surface area contributed by atoms with E-state index < -0.39 is 0 Å². The number of imide groups is 1. The number of aliphatic hydroxyl groups is 1. The zero-order chi connectivity index (χ0) is 16.4. The largest absolute Gasteiger partial charge is 0.394 e. The standard InChI is InChI=1S/C18H15NO4/c1-2-12-6-7-15-16-13(12)4-3-5-14(16)17(21)19(18(15)22)8-10-23-11-9-20/h1,3-7,20H,8-11H2. The van der Waals surface area contributed by atoms with Gasteiger partial charge in [0.25, 0.3) is 11.8 Å². The van der Waals surface area contributed by atoms with Gasteiger partial charge in [-0.1, -0.05) is 18.1 Å². The summed E-state index contributed by atoms with van der Waals surface area (Å²) < 4.78 is 5.16. The third-order valence-electron chi connectivity index (χ3n) is 3.84. The first-order valence-electron chi connectivity index (χ1n) is 7.26. The smallest absolute Gasteiger partial charge is 0.261 e. The Kier molecular flexibility index (Phi) is 4.11. The second-order valence-electron chi connectivity index (χ2n) is 5.13. The fourth-order valence-electron chi connectivity index (χ4n) is 2.80. The summed E-state index contributed by atoms with van der Waals surface area (Å²) in [5.74, 6) is 1.88. The summed E-state index contributed by atoms with van der Waals surface area (Å²) in [7, 11) is 0. The Morgan fingerprint density at radius 2 is 1.83 bits per heavy atom. The summed E-state index contributed by atoms with van der Waals surface area (Å²) in [4.78, 5) is 26.4. The van der Waals surface area contributed by atoms with Gasteiger partial charge in [0.15, 0.2) is 0 Å². The third-order valence-corrected chi connectivity index (χ3v) is 3.84. The van der Waals surface area contributed by atoms with E-state index in [1.807, 2.05) is 6.07 Å². The molecule has 2 amide bonds. The minimum atomic E-state index is -0.352. The second kappa shape index (κ2) is 6.21. The molecule has 0 saturated heterocycles. The number of amides is 2. The van der Waals surface area contributed by atoms with Crippen LogP contribution in [0, 0.1) is 12.3 Å². The van der Waals surface area contributed by atoms with Gasteiger partial charge in [-0.3, -0.25) is 14.5 Å². The number of carbonyl (C=O) groups is 2. The van der Waals surface area contributed by atoms with Gasteiger partial charge in [0.05, 0.1) is 26.4 Å². The Labute approximate surface area is 133 Å². The van der Waals surface area contributed by atoms with Gasteiger partial charge in [-0.2, -0.15) is 0 Å². The number of hydrogen-bond donors (Lipinski definition) is 1. The molecule has 0 bridgehead atoms. The van der Waals surface area contributed by atoms with Gasteiger partial charge >= 0.3 is 0 Å². The SMILES string of the molecule is C#Cc1ccc2c3c(cccc13)C(=O)N(CCOCCO)C2=O. The van der Waals surface area contributed by atoms with E-state index in [0.29, 0.717) is 22.1 Å². The van der Waals surface area contributed by atoms with Crippen LogP contribution in [0.4, 0.5) is 0 Å². The van der Waals surface area contributed by atoms with E-state index in [0.717, 1.165) is 5.39 Å². The predicted octanol–water partition coefficient (Wildman–Crippen LogP) is 1.43. The minimum Gasteiger partial charge on any atom is -0.394 e. The summed E-state index contributed by atoms with van der Waals surface area (Å²) in [5.41, 5.74) is 1.60. The summed E-state index contributed by atoms with van der Waals surface area (Å²) in [5, 5.41) is 10.1. The minimum absolute atomic E-state index is 0.0983. The quantitative estimate of drug-likeness (QED) is 0.515. The first-order chi connectivity index (χ1) is 11.2. The van der Waals surface area contributed by atoms with Crippen LogP contribution in [0.15, 0.2) is 30.3 Å². The van der Waals surface area contributed by atoms with Crippen LogP contribution in [0.1, 0.15) is 26.3 Å². The normalized spacial score (nSPS) is 13.5. The van der Waals surface area contributed by atoms with E-state index in [1.165, 1.54) is 4.90 Å². The first kappa shape index (κ1) is 15.2. The Morgan fingerprint density at radius 3 is 2.52 bits per heavy atom. The molecule has 5 nitrogen and oxygen atoms in total. The molecule has 0 saturated carbocycles. The van der Waals surface area contributed by atoms with Gasteiger partial charge in [-0.05, 0) is 23.6 Å². The van der Waals surface area contributed by atoms with Crippen molar-refractivity contribution in [3.8, 4) is 12.3 Å². The zero-order valence-electron chi connectivity index (χ0n) is 12.4. The Hall–Kier alpha value is -2.68. The van der Waals surface area contributed by atoms with E-state index in [1.54, 1.807) is 24.3 Å². The van der Waals surface area contributed by atoms with Crippen molar-refractivity contribution in [3.05, 3.63) is 47.0 Å². The molecule has 116 valence electrons.